The maximum Gasteiger partial charge on any atom is 0.322 e. The van der Waals surface area contributed by atoms with Crippen molar-refractivity contribution in [1.82, 2.24) is 20.6 Å². The minimum absolute atomic E-state index is 0.214. The van der Waals surface area contributed by atoms with E-state index in [1.54, 1.807) is 12.1 Å². The number of amides is 2. The zero-order valence-corrected chi connectivity index (χ0v) is 15.4. The highest BCUT2D eigenvalue weighted by molar-refractivity contribution is 6.30. The van der Waals surface area contributed by atoms with Crippen LogP contribution in [0.2, 0.25) is 5.15 Å². The standard InChI is InChI=1S/C19H17ClN4O4/c20-16-8-12-7-14(23-15(12)9-21-16)19(28)24-13(18(27)22-10-17(25)26)6-11-4-2-1-3-5-11/h1-5,7-9,13,23H,6,10H2,(H,22,27)(H,24,28)(H,25,26)/t13-/m0/s1. The fourth-order valence-corrected chi connectivity index (χ4v) is 2.87. The Morgan fingerprint density at radius 2 is 1.93 bits per heavy atom. The number of aromatic nitrogens is 2. The number of carboxylic acid groups (broad SMARTS) is 1. The molecule has 2 aromatic heterocycles. The van der Waals surface area contributed by atoms with E-state index in [9.17, 15) is 14.4 Å². The van der Waals surface area contributed by atoms with E-state index in [1.165, 1.54) is 6.20 Å². The molecule has 9 heteroatoms. The van der Waals surface area contributed by atoms with Gasteiger partial charge >= 0.3 is 5.97 Å². The van der Waals surface area contributed by atoms with Gasteiger partial charge in [-0.25, -0.2) is 4.98 Å². The zero-order valence-electron chi connectivity index (χ0n) is 14.6. The van der Waals surface area contributed by atoms with Crippen molar-refractivity contribution in [3.05, 3.63) is 65.1 Å². The van der Waals surface area contributed by atoms with Gasteiger partial charge in [-0.3, -0.25) is 14.4 Å². The van der Waals surface area contributed by atoms with Gasteiger partial charge in [0.05, 0.1) is 11.7 Å². The molecule has 0 saturated carbocycles. The Hall–Kier alpha value is -3.39. The number of rotatable bonds is 7. The number of hydrogen-bond acceptors (Lipinski definition) is 4. The Kier molecular flexibility index (Phi) is 5.90. The lowest BCUT2D eigenvalue weighted by Crippen LogP contribution is -2.49. The van der Waals surface area contributed by atoms with Crippen LogP contribution in [0.25, 0.3) is 10.9 Å². The molecule has 1 aromatic carbocycles. The van der Waals surface area contributed by atoms with Gasteiger partial charge < -0.3 is 20.7 Å². The molecule has 4 N–H and O–H groups in total. The number of aromatic amines is 1. The first-order valence-corrected chi connectivity index (χ1v) is 8.79. The SMILES string of the molecule is O=C(O)CNC(=O)[C@H](Cc1ccccc1)NC(=O)c1cc2cc(Cl)ncc2[nH]1. The molecule has 144 valence electrons. The second kappa shape index (κ2) is 8.53. The number of pyridine rings is 1. The van der Waals surface area contributed by atoms with E-state index in [-0.39, 0.29) is 12.1 Å². The van der Waals surface area contributed by atoms with Crippen LogP contribution in [0.4, 0.5) is 0 Å². The van der Waals surface area contributed by atoms with Gasteiger partial charge in [-0.05, 0) is 17.7 Å². The molecule has 0 radical (unpaired) electrons. The van der Waals surface area contributed by atoms with Crippen LogP contribution in [-0.4, -0.2) is 45.4 Å². The second-order valence-corrected chi connectivity index (χ2v) is 6.49. The Bertz CT molecular complexity index is 1020. The highest BCUT2D eigenvalue weighted by atomic mass is 35.5. The van der Waals surface area contributed by atoms with Crippen molar-refractivity contribution in [1.29, 1.82) is 0 Å². The average Bonchev–Trinajstić information content (AvgIpc) is 3.09. The van der Waals surface area contributed by atoms with Gasteiger partial charge in [-0.2, -0.15) is 0 Å². The molecule has 8 nitrogen and oxygen atoms in total. The molecule has 2 heterocycles. The first-order chi connectivity index (χ1) is 13.4. The Balaban J connectivity index is 1.78. The summed E-state index contributed by atoms with van der Waals surface area (Å²) in [7, 11) is 0. The Labute approximate surface area is 164 Å². The lowest BCUT2D eigenvalue weighted by molar-refractivity contribution is -0.138. The van der Waals surface area contributed by atoms with Gasteiger partial charge in [0.15, 0.2) is 0 Å². The normalized spacial score (nSPS) is 11.8. The lowest BCUT2D eigenvalue weighted by Gasteiger charge is -2.18. The molecule has 0 bridgehead atoms. The van der Waals surface area contributed by atoms with Gasteiger partial charge in [0.25, 0.3) is 5.91 Å². The van der Waals surface area contributed by atoms with Crippen molar-refractivity contribution in [2.24, 2.45) is 0 Å². The van der Waals surface area contributed by atoms with Crippen molar-refractivity contribution in [2.45, 2.75) is 12.5 Å². The van der Waals surface area contributed by atoms with E-state index in [0.29, 0.717) is 16.1 Å². The molecule has 3 aromatic rings. The van der Waals surface area contributed by atoms with Crippen LogP contribution in [0.3, 0.4) is 0 Å². The van der Waals surface area contributed by atoms with Gasteiger partial charge in [-0.1, -0.05) is 41.9 Å². The molecule has 1 atom stereocenters. The van der Waals surface area contributed by atoms with E-state index in [1.807, 2.05) is 30.3 Å². The lowest BCUT2D eigenvalue weighted by atomic mass is 10.0. The fraction of sp³-hybridized carbons (Fsp3) is 0.158. The summed E-state index contributed by atoms with van der Waals surface area (Å²) in [5, 5.41) is 14.7. The second-order valence-electron chi connectivity index (χ2n) is 6.10. The minimum Gasteiger partial charge on any atom is -0.480 e. The summed E-state index contributed by atoms with van der Waals surface area (Å²) in [5.41, 5.74) is 1.69. The number of benzene rings is 1. The number of fused-ring (bicyclic) bond motifs is 1. The summed E-state index contributed by atoms with van der Waals surface area (Å²) in [6.45, 7) is -0.531. The topological polar surface area (TPSA) is 124 Å². The van der Waals surface area contributed by atoms with Gasteiger partial charge in [0, 0.05) is 11.8 Å². The van der Waals surface area contributed by atoms with E-state index in [2.05, 4.69) is 20.6 Å². The number of H-pyrrole nitrogens is 1. The number of halogens is 1. The van der Waals surface area contributed by atoms with Crippen LogP contribution in [0.5, 0.6) is 0 Å². The highest BCUT2D eigenvalue weighted by Crippen LogP contribution is 2.18. The molecular formula is C19H17ClN4O4. The van der Waals surface area contributed by atoms with E-state index in [0.717, 1.165) is 5.56 Å². The molecule has 3 rings (SSSR count). The molecule has 0 unspecified atom stereocenters. The predicted octanol–water partition coefficient (Wildman–Crippen LogP) is 1.76. The van der Waals surface area contributed by atoms with Crippen molar-refractivity contribution >= 4 is 40.3 Å². The van der Waals surface area contributed by atoms with Crippen LogP contribution < -0.4 is 10.6 Å². The number of aliphatic carboxylic acids is 1. The predicted molar refractivity (Wildman–Crippen MR) is 103 cm³/mol. The van der Waals surface area contributed by atoms with Gasteiger partial charge in [0.1, 0.15) is 23.4 Å². The molecule has 0 aliphatic carbocycles. The van der Waals surface area contributed by atoms with Gasteiger partial charge in [0.2, 0.25) is 5.91 Å². The average molecular weight is 401 g/mol. The zero-order chi connectivity index (χ0) is 20.1. The van der Waals surface area contributed by atoms with Crippen LogP contribution >= 0.6 is 11.6 Å². The number of carbonyl (C=O) groups excluding carboxylic acids is 2. The molecule has 0 aliphatic rings. The quantitative estimate of drug-likeness (QED) is 0.450. The molecule has 2 amide bonds. The van der Waals surface area contributed by atoms with Crippen molar-refractivity contribution in [3.63, 3.8) is 0 Å². The number of nitrogens with one attached hydrogen (secondary N) is 3. The number of carboxylic acids is 1. The van der Waals surface area contributed by atoms with Crippen molar-refractivity contribution < 1.29 is 19.5 Å². The third-order valence-electron chi connectivity index (χ3n) is 4.03. The molecule has 0 aliphatic heterocycles. The van der Waals surface area contributed by atoms with Crippen LogP contribution in [0.15, 0.2) is 48.7 Å². The third-order valence-corrected chi connectivity index (χ3v) is 4.24. The smallest absolute Gasteiger partial charge is 0.322 e. The fourth-order valence-electron chi connectivity index (χ4n) is 2.71. The largest absolute Gasteiger partial charge is 0.480 e. The van der Waals surface area contributed by atoms with E-state index < -0.39 is 30.4 Å². The summed E-state index contributed by atoms with van der Waals surface area (Å²) in [5.74, 6) is -2.25. The summed E-state index contributed by atoms with van der Waals surface area (Å²) in [6, 6.07) is 11.4. The maximum absolute atomic E-state index is 12.7. The van der Waals surface area contributed by atoms with Crippen molar-refractivity contribution in [2.75, 3.05) is 6.54 Å². The summed E-state index contributed by atoms with van der Waals surface area (Å²) < 4.78 is 0. The van der Waals surface area contributed by atoms with Crippen LogP contribution in [0, 0.1) is 0 Å². The van der Waals surface area contributed by atoms with Gasteiger partial charge in [-0.15, -0.1) is 0 Å². The summed E-state index contributed by atoms with van der Waals surface area (Å²) >= 11 is 5.86. The number of carbonyl (C=O) groups is 3. The number of hydrogen-bond donors (Lipinski definition) is 4. The summed E-state index contributed by atoms with van der Waals surface area (Å²) in [4.78, 5) is 42.7. The van der Waals surface area contributed by atoms with Crippen LogP contribution in [-0.2, 0) is 16.0 Å². The Morgan fingerprint density at radius 1 is 1.18 bits per heavy atom. The van der Waals surface area contributed by atoms with Crippen molar-refractivity contribution in [3.8, 4) is 0 Å². The minimum atomic E-state index is -1.17. The number of nitrogens with zero attached hydrogens (tertiary/aromatic N) is 1. The van der Waals surface area contributed by atoms with E-state index in [4.69, 9.17) is 16.7 Å². The highest BCUT2D eigenvalue weighted by Gasteiger charge is 2.23. The maximum atomic E-state index is 12.7. The molecule has 0 saturated heterocycles. The molecular weight excluding hydrogens is 384 g/mol. The third kappa shape index (κ3) is 4.86. The first-order valence-electron chi connectivity index (χ1n) is 8.41. The Morgan fingerprint density at radius 3 is 2.64 bits per heavy atom. The first kappa shape index (κ1) is 19.4. The molecule has 0 spiro atoms. The monoisotopic (exact) mass is 400 g/mol. The van der Waals surface area contributed by atoms with Crippen LogP contribution in [0.1, 0.15) is 16.1 Å². The summed E-state index contributed by atoms with van der Waals surface area (Å²) in [6.07, 6.45) is 1.72. The van der Waals surface area contributed by atoms with E-state index >= 15 is 0 Å². The molecule has 0 fully saturated rings. The molecule has 28 heavy (non-hydrogen) atoms.